The van der Waals surface area contributed by atoms with Gasteiger partial charge < -0.3 is 15.7 Å². The predicted octanol–water partition coefficient (Wildman–Crippen LogP) is 2.55. The van der Waals surface area contributed by atoms with Gasteiger partial charge in [-0.05, 0) is 30.5 Å². The van der Waals surface area contributed by atoms with E-state index >= 15 is 0 Å². The van der Waals surface area contributed by atoms with Gasteiger partial charge in [0.05, 0.1) is 12.1 Å². The van der Waals surface area contributed by atoms with E-state index < -0.39 is 5.54 Å². The highest BCUT2D eigenvalue weighted by molar-refractivity contribution is 9.10. The summed E-state index contributed by atoms with van der Waals surface area (Å²) in [5.41, 5.74) is 0.631. The van der Waals surface area contributed by atoms with Gasteiger partial charge in [-0.3, -0.25) is 0 Å². The quantitative estimate of drug-likeness (QED) is 0.796. The largest absolute Gasteiger partial charge is 0.394 e. The fraction of sp³-hybridized carbons (Fsp3) is 0.500. The second-order valence-corrected chi connectivity index (χ2v) is 6.00. The van der Waals surface area contributed by atoms with Crippen LogP contribution in [0.15, 0.2) is 28.7 Å². The van der Waals surface area contributed by atoms with E-state index in [4.69, 9.17) is 0 Å². The fourth-order valence-corrected chi connectivity index (χ4v) is 2.71. The Hall–Kier alpha value is -1.07. The molecule has 3 N–H and O–H groups in total. The lowest BCUT2D eigenvalue weighted by Gasteiger charge is -2.28. The normalized spacial score (nSPS) is 17.2. The van der Waals surface area contributed by atoms with Crippen molar-refractivity contribution in [2.45, 2.75) is 37.8 Å². The zero-order valence-corrected chi connectivity index (χ0v) is 12.4. The van der Waals surface area contributed by atoms with Gasteiger partial charge in [0, 0.05) is 11.0 Å². The molecule has 1 fully saturated rings. The first-order valence-corrected chi connectivity index (χ1v) is 7.34. The monoisotopic (exact) mass is 326 g/mol. The van der Waals surface area contributed by atoms with Crippen molar-refractivity contribution in [3.8, 4) is 0 Å². The summed E-state index contributed by atoms with van der Waals surface area (Å²) in [5, 5.41) is 15.2. The van der Waals surface area contributed by atoms with Crippen molar-refractivity contribution in [3.63, 3.8) is 0 Å². The number of amides is 2. The standard InChI is InChI=1S/C14H19BrN2O2/c15-12-5-3-11(4-6-12)9-16-13(19)17-14(10-18)7-1-2-8-14/h3-6,18H,1-2,7-10H2,(H2,16,17,19). The van der Waals surface area contributed by atoms with Crippen molar-refractivity contribution in [1.29, 1.82) is 0 Å². The van der Waals surface area contributed by atoms with Gasteiger partial charge in [-0.15, -0.1) is 0 Å². The average molecular weight is 327 g/mol. The molecule has 2 rings (SSSR count). The van der Waals surface area contributed by atoms with E-state index in [1.807, 2.05) is 24.3 Å². The third-order valence-corrected chi connectivity index (χ3v) is 4.14. The van der Waals surface area contributed by atoms with Crippen LogP contribution in [0.25, 0.3) is 0 Å². The van der Waals surface area contributed by atoms with Gasteiger partial charge in [0.2, 0.25) is 0 Å². The van der Waals surface area contributed by atoms with E-state index in [1.165, 1.54) is 0 Å². The van der Waals surface area contributed by atoms with E-state index in [0.29, 0.717) is 6.54 Å². The maximum Gasteiger partial charge on any atom is 0.315 e. The number of rotatable bonds is 4. The lowest BCUT2D eigenvalue weighted by Crippen LogP contribution is -2.52. The first-order chi connectivity index (χ1) is 9.13. The van der Waals surface area contributed by atoms with Crippen LogP contribution in [0.4, 0.5) is 4.79 Å². The summed E-state index contributed by atoms with van der Waals surface area (Å²) in [6, 6.07) is 7.60. The molecular weight excluding hydrogens is 308 g/mol. The summed E-state index contributed by atoms with van der Waals surface area (Å²) in [7, 11) is 0. The Bertz CT molecular complexity index is 428. The molecule has 1 aliphatic carbocycles. The predicted molar refractivity (Wildman–Crippen MR) is 77.8 cm³/mol. The molecule has 5 heteroatoms. The minimum Gasteiger partial charge on any atom is -0.394 e. The summed E-state index contributed by atoms with van der Waals surface area (Å²) >= 11 is 3.37. The van der Waals surface area contributed by atoms with E-state index in [0.717, 1.165) is 35.7 Å². The number of aliphatic hydroxyl groups excluding tert-OH is 1. The summed E-state index contributed by atoms with van der Waals surface area (Å²) in [6.07, 6.45) is 3.84. The molecule has 0 aliphatic heterocycles. The maximum atomic E-state index is 11.9. The summed E-state index contributed by atoms with van der Waals surface area (Å²) in [4.78, 5) is 11.9. The van der Waals surface area contributed by atoms with Crippen LogP contribution in [0.5, 0.6) is 0 Å². The summed E-state index contributed by atoms with van der Waals surface area (Å²) in [5.74, 6) is 0. The molecule has 1 aromatic carbocycles. The number of aliphatic hydroxyl groups is 1. The first-order valence-electron chi connectivity index (χ1n) is 6.55. The van der Waals surface area contributed by atoms with Crippen LogP contribution in [-0.2, 0) is 6.54 Å². The SMILES string of the molecule is O=C(NCc1ccc(Br)cc1)NC1(CO)CCCC1. The number of nitrogens with one attached hydrogen (secondary N) is 2. The molecule has 0 heterocycles. The van der Waals surface area contributed by atoms with Crippen LogP contribution in [0.3, 0.4) is 0 Å². The average Bonchev–Trinajstić information content (AvgIpc) is 2.87. The Morgan fingerprint density at radius 3 is 2.47 bits per heavy atom. The van der Waals surface area contributed by atoms with Crippen molar-refractivity contribution < 1.29 is 9.90 Å². The highest BCUT2D eigenvalue weighted by Crippen LogP contribution is 2.28. The van der Waals surface area contributed by atoms with Crippen LogP contribution >= 0.6 is 15.9 Å². The number of hydrogen-bond acceptors (Lipinski definition) is 2. The zero-order chi connectivity index (χ0) is 13.7. The molecule has 104 valence electrons. The van der Waals surface area contributed by atoms with Crippen LogP contribution in [0.1, 0.15) is 31.2 Å². The maximum absolute atomic E-state index is 11.9. The van der Waals surface area contributed by atoms with Crippen LogP contribution in [0, 0.1) is 0 Å². The lowest BCUT2D eigenvalue weighted by atomic mass is 9.99. The minimum atomic E-state index is -0.413. The highest BCUT2D eigenvalue weighted by Gasteiger charge is 2.34. The molecule has 0 spiro atoms. The number of benzene rings is 1. The van der Waals surface area contributed by atoms with Crippen molar-refractivity contribution >= 4 is 22.0 Å². The molecule has 4 nitrogen and oxygen atoms in total. The Balaban J connectivity index is 1.82. The Morgan fingerprint density at radius 2 is 1.89 bits per heavy atom. The number of urea groups is 1. The minimum absolute atomic E-state index is 0.0126. The molecule has 0 aromatic heterocycles. The van der Waals surface area contributed by atoms with E-state index in [9.17, 15) is 9.90 Å². The molecule has 0 atom stereocenters. The number of carbonyl (C=O) groups excluding carboxylic acids is 1. The first kappa shape index (κ1) is 14.3. The Labute approximate surface area is 121 Å². The van der Waals surface area contributed by atoms with Crippen molar-refractivity contribution in [2.24, 2.45) is 0 Å². The fourth-order valence-electron chi connectivity index (χ4n) is 2.44. The summed E-state index contributed by atoms with van der Waals surface area (Å²) in [6.45, 7) is 0.499. The molecule has 0 bridgehead atoms. The number of carbonyl (C=O) groups is 1. The van der Waals surface area contributed by atoms with Crippen LogP contribution in [-0.4, -0.2) is 23.3 Å². The molecule has 19 heavy (non-hydrogen) atoms. The number of halogens is 1. The highest BCUT2D eigenvalue weighted by atomic mass is 79.9. The van der Waals surface area contributed by atoms with Crippen LogP contribution in [0.2, 0.25) is 0 Å². The molecule has 2 amide bonds. The van der Waals surface area contributed by atoms with Gasteiger partial charge in [0.1, 0.15) is 0 Å². The lowest BCUT2D eigenvalue weighted by molar-refractivity contribution is 0.163. The molecule has 1 aliphatic rings. The van der Waals surface area contributed by atoms with Crippen LogP contribution < -0.4 is 10.6 Å². The van der Waals surface area contributed by atoms with Gasteiger partial charge in [-0.1, -0.05) is 40.9 Å². The summed E-state index contributed by atoms with van der Waals surface area (Å²) < 4.78 is 1.02. The van der Waals surface area contributed by atoms with Crippen molar-refractivity contribution in [1.82, 2.24) is 10.6 Å². The van der Waals surface area contributed by atoms with E-state index in [1.54, 1.807) is 0 Å². The number of hydrogen-bond donors (Lipinski definition) is 3. The third kappa shape index (κ3) is 3.94. The zero-order valence-electron chi connectivity index (χ0n) is 10.8. The molecular formula is C14H19BrN2O2. The van der Waals surface area contributed by atoms with Crippen molar-refractivity contribution in [3.05, 3.63) is 34.3 Å². The van der Waals surface area contributed by atoms with Gasteiger partial charge in [-0.2, -0.15) is 0 Å². The topological polar surface area (TPSA) is 61.4 Å². The Morgan fingerprint density at radius 1 is 1.26 bits per heavy atom. The van der Waals surface area contributed by atoms with Gasteiger partial charge in [0.25, 0.3) is 0 Å². The second-order valence-electron chi connectivity index (χ2n) is 5.08. The van der Waals surface area contributed by atoms with Gasteiger partial charge in [0.15, 0.2) is 0 Å². The molecule has 0 unspecified atom stereocenters. The van der Waals surface area contributed by atoms with Gasteiger partial charge >= 0.3 is 6.03 Å². The molecule has 1 aromatic rings. The van der Waals surface area contributed by atoms with E-state index in [-0.39, 0.29) is 12.6 Å². The Kier molecular flexibility index (Phi) is 4.82. The van der Waals surface area contributed by atoms with E-state index in [2.05, 4.69) is 26.6 Å². The molecule has 1 saturated carbocycles. The molecule has 0 radical (unpaired) electrons. The smallest absolute Gasteiger partial charge is 0.315 e. The second kappa shape index (κ2) is 6.39. The molecule has 0 saturated heterocycles. The van der Waals surface area contributed by atoms with Gasteiger partial charge in [-0.25, -0.2) is 4.79 Å². The van der Waals surface area contributed by atoms with Crippen molar-refractivity contribution in [2.75, 3.05) is 6.61 Å². The third-order valence-electron chi connectivity index (χ3n) is 3.61.